The van der Waals surface area contributed by atoms with Gasteiger partial charge in [-0.3, -0.25) is 0 Å². The molecule has 82 valence electrons. The fourth-order valence-electron chi connectivity index (χ4n) is 1.73. The Morgan fingerprint density at radius 1 is 1.50 bits per heavy atom. The first-order chi connectivity index (χ1) is 6.76. The lowest BCUT2D eigenvalue weighted by molar-refractivity contribution is 0.194. The fourth-order valence-corrected chi connectivity index (χ4v) is 2.87. The van der Waals surface area contributed by atoms with Gasteiger partial charge in [-0.15, -0.1) is 0 Å². The summed E-state index contributed by atoms with van der Waals surface area (Å²) >= 11 is 0. The molecule has 0 bridgehead atoms. The lowest BCUT2D eigenvalue weighted by atomic mass is 10.1. The zero-order valence-electron chi connectivity index (χ0n) is 8.81. The van der Waals surface area contributed by atoms with Crippen molar-refractivity contribution in [2.45, 2.75) is 32.3 Å². The second-order valence-electron chi connectivity index (χ2n) is 3.74. The van der Waals surface area contributed by atoms with Crippen LogP contribution < -0.4 is 0 Å². The van der Waals surface area contributed by atoms with Crippen molar-refractivity contribution in [3.05, 3.63) is 4.91 Å². The highest BCUT2D eigenvalue weighted by Gasteiger charge is 2.25. The Morgan fingerprint density at radius 3 is 2.79 bits per heavy atom. The molecule has 1 rings (SSSR count). The van der Waals surface area contributed by atoms with E-state index in [-0.39, 0.29) is 0 Å². The smallest absolute Gasteiger partial charge is 0.172 e. The summed E-state index contributed by atoms with van der Waals surface area (Å²) in [5, 5.41) is 2.82. The van der Waals surface area contributed by atoms with Crippen molar-refractivity contribution in [3.63, 3.8) is 0 Å². The molecule has 0 aromatic heterocycles. The SMILES string of the molecule is COP(CCN=O)OC1CCC(C)C1. The van der Waals surface area contributed by atoms with Crippen molar-refractivity contribution in [1.82, 2.24) is 0 Å². The molecular weight excluding hydrogens is 201 g/mol. The molecule has 0 aliphatic heterocycles. The summed E-state index contributed by atoms with van der Waals surface area (Å²) in [7, 11) is 0.746. The lowest BCUT2D eigenvalue weighted by Crippen LogP contribution is -2.07. The minimum Gasteiger partial charge on any atom is -0.337 e. The summed E-state index contributed by atoms with van der Waals surface area (Å²) in [6, 6.07) is 0. The average Bonchev–Trinajstić information content (AvgIpc) is 2.58. The van der Waals surface area contributed by atoms with Crippen LogP contribution in [-0.4, -0.2) is 25.9 Å². The topological polar surface area (TPSA) is 47.9 Å². The number of rotatable bonds is 6. The van der Waals surface area contributed by atoms with Crippen molar-refractivity contribution < 1.29 is 9.05 Å². The summed E-state index contributed by atoms with van der Waals surface area (Å²) in [5.74, 6) is 0.762. The molecule has 0 spiro atoms. The number of hydrogen-bond donors (Lipinski definition) is 0. The van der Waals surface area contributed by atoms with Gasteiger partial charge in [-0.2, -0.15) is 4.91 Å². The van der Waals surface area contributed by atoms with Gasteiger partial charge in [0.15, 0.2) is 8.38 Å². The third-order valence-electron chi connectivity index (χ3n) is 2.49. The monoisotopic (exact) mass is 219 g/mol. The Kier molecular flexibility index (Phi) is 5.53. The van der Waals surface area contributed by atoms with E-state index in [9.17, 15) is 4.91 Å². The fraction of sp³-hybridized carbons (Fsp3) is 1.00. The maximum Gasteiger partial charge on any atom is 0.172 e. The largest absolute Gasteiger partial charge is 0.337 e. The molecule has 4 nitrogen and oxygen atoms in total. The number of hydrogen-bond acceptors (Lipinski definition) is 4. The van der Waals surface area contributed by atoms with E-state index in [4.69, 9.17) is 9.05 Å². The molecule has 1 saturated carbocycles. The third kappa shape index (κ3) is 3.99. The van der Waals surface area contributed by atoms with Crippen LogP contribution in [-0.2, 0) is 9.05 Å². The molecule has 1 fully saturated rings. The molecule has 3 atom stereocenters. The van der Waals surface area contributed by atoms with Gasteiger partial charge in [-0.25, -0.2) is 0 Å². The lowest BCUT2D eigenvalue weighted by Gasteiger charge is -2.18. The highest BCUT2D eigenvalue weighted by atomic mass is 31.2. The first kappa shape index (κ1) is 12.0. The maximum absolute atomic E-state index is 9.96. The van der Waals surface area contributed by atoms with Crippen LogP contribution in [0.25, 0.3) is 0 Å². The second-order valence-corrected chi connectivity index (χ2v) is 5.43. The quantitative estimate of drug-likeness (QED) is 0.509. The van der Waals surface area contributed by atoms with E-state index >= 15 is 0 Å². The van der Waals surface area contributed by atoms with Crippen LogP contribution in [0.5, 0.6) is 0 Å². The van der Waals surface area contributed by atoms with E-state index in [1.165, 1.54) is 6.42 Å². The Bertz CT molecular complexity index is 179. The van der Waals surface area contributed by atoms with Crippen LogP contribution in [0.2, 0.25) is 0 Å². The molecule has 1 aliphatic carbocycles. The highest BCUT2D eigenvalue weighted by Crippen LogP contribution is 2.42. The van der Waals surface area contributed by atoms with Crippen molar-refractivity contribution in [2.75, 3.05) is 19.8 Å². The standard InChI is InChI=1S/C9H18NO3P/c1-8-3-4-9(7-8)13-14(12-2)6-5-10-11/h8-9H,3-7H2,1-2H3. The summed E-state index contributed by atoms with van der Waals surface area (Å²) in [5.41, 5.74) is 0. The van der Waals surface area contributed by atoms with E-state index in [2.05, 4.69) is 12.1 Å². The van der Waals surface area contributed by atoms with Crippen LogP contribution in [0.15, 0.2) is 5.18 Å². The van der Waals surface area contributed by atoms with Crippen LogP contribution in [0.1, 0.15) is 26.2 Å². The van der Waals surface area contributed by atoms with Gasteiger partial charge in [0.25, 0.3) is 0 Å². The van der Waals surface area contributed by atoms with E-state index in [1.807, 2.05) is 0 Å². The Morgan fingerprint density at radius 2 is 2.29 bits per heavy atom. The van der Waals surface area contributed by atoms with Crippen LogP contribution in [0, 0.1) is 10.8 Å². The molecule has 0 aromatic rings. The Balaban J connectivity index is 2.22. The van der Waals surface area contributed by atoms with Crippen molar-refractivity contribution in [1.29, 1.82) is 0 Å². The van der Waals surface area contributed by atoms with Crippen molar-refractivity contribution in [3.8, 4) is 0 Å². The van der Waals surface area contributed by atoms with Crippen molar-refractivity contribution >= 4 is 8.38 Å². The summed E-state index contributed by atoms with van der Waals surface area (Å²) < 4.78 is 11.0. The van der Waals surface area contributed by atoms with Gasteiger partial charge < -0.3 is 9.05 Å². The van der Waals surface area contributed by atoms with Crippen LogP contribution in [0.3, 0.4) is 0 Å². The minimum absolute atomic E-state index is 0.293. The number of nitrogens with zero attached hydrogens (tertiary/aromatic N) is 1. The molecular formula is C9H18NO3P. The Labute approximate surface area is 86.2 Å². The Hall–Kier alpha value is -0.0500. The maximum atomic E-state index is 9.96. The predicted octanol–water partition coefficient (Wildman–Crippen LogP) is 2.92. The summed E-state index contributed by atoms with van der Waals surface area (Å²) in [6.45, 7) is 2.53. The molecule has 0 N–H and O–H groups in total. The molecule has 0 saturated heterocycles. The first-order valence-corrected chi connectivity index (χ1v) is 6.40. The number of nitroso groups, excluding NO2 is 1. The minimum atomic E-state index is -0.888. The molecule has 0 heterocycles. The van der Waals surface area contributed by atoms with Gasteiger partial charge in [0.05, 0.1) is 12.6 Å². The highest BCUT2D eigenvalue weighted by molar-refractivity contribution is 7.47. The predicted molar refractivity (Wildman–Crippen MR) is 57.3 cm³/mol. The molecule has 0 aromatic carbocycles. The second kappa shape index (κ2) is 6.44. The van der Waals surface area contributed by atoms with E-state index < -0.39 is 8.38 Å². The zero-order chi connectivity index (χ0) is 10.4. The average molecular weight is 219 g/mol. The van der Waals surface area contributed by atoms with E-state index in [1.54, 1.807) is 7.11 Å². The molecule has 0 amide bonds. The van der Waals surface area contributed by atoms with E-state index in [0.717, 1.165) is 18.8 Å². The van der Waals surface area contributed by atoms with E-state index in [0.29, 0.717) is 18.8 Å². The molecule has 5 heteroatoms. The molecule has 0 radical (unpaired) electrons. The zero-order valence-corrected chi connectivity index (χ0v) is 9.70. The van der Waals surface area contributed by atoms with Gasteiger partial charge in [0.1, 0.15) is 0 Å². The summed E-state index contributed by atoms with van der Waals surface area (Å²) in [6.07, 6.45) is 4.45. The summed E-state index contributed by atoms with van der Waals surface area (Å²) in [4.78, 5) is 9.96. The van der Waals surface area contributed by atoms with Gasteiger partial charge in [-0.1, -0.05) is 12.1 Å². The van der Waals surface area contributed by atoms with Crippen molar-refractivity contribution in [2.24, 2.45) is 11.1 Å². The van der Waals surface area contributed by atoms with Crippen LogP contribution in [0.4, 0.5) is 0 Å². The van der Waals surface area contributed by atoms with Gasteiger partial charge in [0, 0.05) is 13.3 Å². The van der Waals surface area contributed by atoms with Gasteiger partial charge >= 0.3 is 0 Å². The van der Waals surface area contributed by atoms with Crippen LogP contribution >= 0.6 is 8.38 Å². The molecule has 1 aliphatic rings. The normalized spacial score (nSPS) is 29.0. The molecule has 14 heavy (non-hydrogen) atoms. The van der Waals surface area contributed by atoms with Gasteiger partial charge in [0.2, 0.25) is 0 Å². The molecule has 3 unspecified atom stereocenters. The third-order valence-corrected chi connectivity index (χ3v) is 4.00. The first-order valence-electron chi connectivity index (χ1n) is 5.03. The van der Waals surface area contributed by atoms with Gasteiger partial charge in [-0.05, 0) is 25.2 Å².